The predicted molar refractivity (Wildman–Crippen MR) is 72.1 cm³/mol. The van der Waals surface area contributed by atoms with E-state index >= 15 is 0 Å². The lowest BCUT2D eigenvalue weighted by molar-refractivity contribution is 0.0175. The van der Waals surface area contributed by atoms with E-state index < -0.39 is 0 Å². The lowest BCUT2D eigenvalue weighted by Gasteiger charge is -2.26. The molecule has 0 unspecified atom stereocenters. The smallest absolute Gasteiger partial charge is 0.340 e. The summed E-state index contributed by atoms with van der Waals surface area (Å²) in [7, 11) is 0. The number of hydrogen-bond donors (Lipinski definition) is 2. The summed E-state index contributed by atoms with van der Waals surface area (Å²) in [6.07, 6.45) is 4.17. The van der Waals surface area contributed by atoms with E-state index in [4.69, 9.17) is 16.2 Å². The molecule has 0 amide bonds. The van der Waals surface area contributed by atoms with Crippen molar-refractivity contribution >= 4 is 17.3 Å². The lowest BCUT2D eigenvalue weighted by Crippen LogP contribution is -2.24. The number of hydrogen-bond acceptors (Lipinski definition) is 4. The van der Waals surface area contributed by atoms with Crippen LogP contribution in [0.3, 0.4) is 0 Å². The fourth-order valence-electron chi connectivity index (χ4n) is 2.33. The average molecular weight is 248 g/mol. The zero-order chi connectivity index (χ0) is 13.1. The normalized spacial score (nSPS) is 23.6. The number of ether oxygens (including phenoxy) is 1. The summed E-state index contributed by atoms with van der Waals surface area (Å²) in [6, 6.07) is 4.87. The van der Waals surface area contributed by atoms with Crippen molar-refractivity contribution in [3.8, 4) is 0 Å². The van der Waals surface area contributed by atoms with Crippen LogP contribution in [0.2, 0.25) is 0 Å². The van der Waals surface area contributed by atoms with E-state index in [0.29, 0.717) is 16.9 Å². The standard InChI is InChI=1S/C14H20N2O2/c1-9-2-5-11(6-3-9)18-14(17)12-7-4-10(15)8-13(12)16/h4,7-9,11H,2-3,5-6,15-16H2,1H3. The summed E-state index contributed by atoms with van der Waals surface area (Å²) in [4.78, 5) is 12.0. The highest BCUT2D eigenvalue weighted by Gasteiger charge is 2.22. The Bertz CT molecular complexity index is 437. The summed E-state index contributed by atoms with van der Waals surface area (Å²) in [6.45, 7) is 2.23. The zero-order valence-corrected chi connectivity index (χ0v) is 10.7. The van der Waals surface area contributed by atoms with Gasteiger partial charge in [-0.2, -0.15) is 0 Å². The average Bonchev–Trinajstić information content (AvgIpc) is 2.32. The fourth-order valence-corrected chi connectivity index (χ4v) is 2.33. The molecule has 1 fully saturated rings. The largest absolute Gasteiger partial charge is 0.459 e. The molecule has 0 saturated heterocycles. The maximum atomic E-state index is 12.0. The van der Waals surface area contributed by atoms with Gasteiger partial charge in [-0.15, -0.1) is 0 Å². The molecule has 2 rings (SSSR count). The van der Waals surface area contributed by atoms with Crippen LogP contribution in [0.15, 0.2) is 18.2 Å². The Hall–Kier alpha value is -1.71. The second-order valence-electron chi connectivity index (χ2n) is 5.13. The molecule has 98 valence electrons. The Balaban J connectivity index is 1.99. The molecule has 4 nitrogen and oxygen atoms in total. The van der Waals surface area contributed by atoms with Crippen LogP contribution in [-0.4, -0.2) is 12.1 Å². The molecule has 1 aliphatic rings. The number of carbonyl (C=O) groups is 1. The molecule has 4 N–H and O–H groups in total. The third kappa shape index (κ3) is 2.94. The van der Waals surface area contributed by atoms with E-state index in [2.05, 4.69) is 6.92 Å². The quantitative estimate of drug-likeness (QED) is 0.623. The summed E-state index contributed by atoms with van der Waals surface area (Å²) >= 11 is 0. The van der Waals surface area contributed by atoms with Gasteiger partial charge in [0.2, 0.25) is 0 Å². The van der Waals surface area contributed by atoms with Gasteiger partial charge < -0.3 is 16.2 Å². The molecule has 0 aromatic heterocycles. The van der Waals surface area contributed by atoms with Gasteiger partial charge in [0.05, 0.1) is 5.56 Å². The summed E-state index contributed by atoms with van der Waals surface area (Å²) < 4.78 is 5.49. The van der Waals surface area contributed by atoms with Crippen LogP contribution < -0.4 is 11.5 Å². The van der Waals surface area contributed by atoms with Gasteiger partial charge in [0.1, 0.15) is 6.10 Å². The molecule has 1 saturated carbocycles. The zero-order valence-electron chi connectivity index (χ0n) is 10.7. The van der Waals surface area contributed by atoms with E-state index in [1.54, 1.807) is 18.2 Å². The van der Waals surface area contributed by atoms with Crippen LogP contribution in [-0.2, 0) is 4.74 Å². The summed E-state index contributed by atoms with van der Waals surface area (Å²) in [5.41, 5.74) is 12.7. The van der Waals surface area contributed by atoms with Gasteiger partial charge in [0.25, 0.3) is 0 Å². The van der Waals surface area contributed by atoms with Crippen LogP contribution in [0.1, 0.15) is 43.0 Å². The van der Waals surface area contributed by atoms with Crippen LogP contribution in [0.4, 0.5) is 11.4 Å². The lowest BCUT2D eigenvalue weighted by atomic mass is 9.89. The van der Waals surface area contributed by atoms with E-state index in [0.717, 1.165) is 31.6 Å². The number of anilines is 2. The minimum atomic E-state index is -0.341. The van der Waals surface area contributed by atoms with Crippen molar-refractivity contribution in [2.45, 2.75) is 38.7 Å². The second-order valence-corrected chi connectivity index (χ2v) is 5.13. The highest BCUT2D eigenvalue weighted by Crippen LogP contribution is 2.27. The first-order chi connectivity index (χ1) is 8.56. The SMILES string of the molecule is CC1CCC(OC(=O)c2ccc(N)cc2N)CC1. The molecule has 18 heavy (non-hydrogen) atoms. The van der Waals surface area contributed by atoms with Crippen molar-refractivity contribution in [1.82, 2.24) is 0 Å². The topological polar surface area (TPSA) is 78.3 Å². The number of nitrogens with two attached hydrogens (primary N) is 2. The molecule has 4 heteroatoms. The third-order valence-electron chi connectivity index (χ3n) is 3.53. The summed E-state index contributed by atoms with van der Waals surface area (Å²) in [5, 5.41) is 0. The number of carbonyl (C=O) groups excluding carboxylic acids is 1. The minimum Gasteiger partial charge on any atom is -0.459 e. The van der Waals surface area contributed by atoms with Crippen molar-refractivity contribution < 1.29 is 9.53 Å². The predicted octanol–water partition coefficient (Wildman–Crippen LogP) is 2.59. The summed E-state index contributed by atoms with van der Waals surface area (Å²) in [5.74, 6) is 0.397. The molecular weight excluding hydrogens is 228 g/mol. The third-order valence-corrected chi connectivity index (χ3v) is 3.53. The Morgan fingerprint density at radius 1 is 1.22 bits per heavy atom. The first-order valence-electron chi connectivity index (χ1n) is 6.42. The van der Waals surface area contributed by atoms with Gasteiger partial charge in [-0.05, 0) is 49.8 Å². The highest BCUT2D eigenvalue weighted by molar-refractivity contribution is 5.95. The number of rotatable bonds is 2. The van der Waals surface area contributed by atoms with Crippen molar-refractivity contribution in [3.05, 3.63) is 23.8 Å². The van der Waals surface area contributed by atoms with Gasteiger partial charge in [-0.1, -0.05) is 6.92 Å². The molecule has 0 heterocycles. The van der Waals surface area contributed by atoms with E-state index in [9.17, 15) is 4.79 Å². The highest BCUT2D eigenvalue weighted by atomic mass is 16.5. The molecule has 0 atom stereocenters. The Kier molecular flexibility index (Phi) is 3.75. The molecule has 1 aliphatic carbocycles. The molecule has 0 spiro atoms. The van der Waals surface area contributed by atoms with Crippen LogP contribution >= 0.6 is 0 Å². The Morgan fingerprint density at radius 3 is 2.50 bits per heavy atom. The Labute approximate surface area is 107 Å². The number of benzene rings is 1. The van der Waals surface area contributed by atoms with Crippen molar-refractivity contribution in [3.63, 3.8) is 0 Å². The first-order valence-corrected chi connectivity index (χ1v) is 6.42. The molecule has 1 aromatic carbocycles. The van der Waals surface area contributed by atoms with E-state index in [1.807, 2.05) is 0 Å². The van der Waals surface area contributed by atoms with Gasteiger partial charge in [-0.3, -0.25) is 0 Å². The van der Waals surface area contributed by atoms with Crippen LogP contribution in [0, 0.1) is 5.92 Å². The van der Waals surface area contributed by atoms with Gasteiger partial charge >= 0.3 is 5.97 Å². The van der Waals surface area contributed by atoms with Crippen molar-refractivity contribution in [2.75, 3.05) is 11.5 Å². The maximum Gasteiger partial charge on any atom is 0.340 e. The minimum absolute atomic E-state index is 0.0330. The molecule has 0 aliphatic heterocycles. The van der Waals surface area contributed by atoms with Gasteiger partial charge in [-0.25, -0.2) is 4.79 Å². The molecule has 0 bridgehead atoms. The van der Waals surface area contributed by atoms with E-state index in [-0.39, 0.29) is 12.1 Å². The fraction of sp³-hybridized carbons (Fsp3) is 0.500. The van der Waals surface area contributed by atoms with Crippen molar-refractivity contribution in [1.29, 1.82) is 0 Å². The maximum absolute atomic E-state index is 12.0. The molecule has 0 radical (unpaired) electrons. The number of esters is 1. The van der Waals surface area contributed by atoms with E-state index in [1.165, 1.54) is 0 Å². The van der Waals surface area contributed by atoms with Gasteiger partial charge in [0.15, 0.2) is 0 Å². The van der Waals surface area contributed by atoms with Crippen LogP contribution in [0.5, 0.6) is 0 Å². The number of nitrogen functional groups attached to an aromatic ring is 2. The molecular formula is C14H20N2O2. The first kappa shape index (κ1) is 12.7. The Morgan fingerprint density at radius 2 is 1.89 bits per heavy atom. The molecule has 1 aromatic rings. The second kappa shape index (κ2) is 5.29. The van der Waals surface area contributed by atoms with Crippen LogP contribution in [0.25, 0.3) is 0 Å². The van der Waals surface area contributed by atoms with Gasteiger partial charge in [0, 0.05) is 11.4 Å². The monoisotopic (exact) mass is 248 g/mol. The van der Waals surface area contributed by atoms with Crippen molar-refractivity contribution in [2.24, 2.45) is 5.92 Å².